The topological polar surface area (TPSA) is 0 Å². The summed E-state index contributed by atoms with van der Waals surface area (Å²) in [6.45, 7) is 0. The largest absolute Gasteiger partial charge is 0.0721 e. The van der Waals surface area contributed by atoms with E-state index in [1.54, 1.807) is 0 Å². The van der Waals surface area contributed by atoms with Crippen LogP contribution in [0.25, 0.3) is 11.1 Å². The molecule has 0 aromatic heterocycles. The van der Waals surface area contributed by atoms with Crippen molar-refractivity contribution in [2.45, 2.75) is 3.92 Å². The quantitative estimate of drug-likeness (QED) is 0.426. The van der Waals surface area contributed by atoms with Gasteiger partial charge in [-0.05, 0) is 50.9 Å². The molecule has 1 aliphatic rings. The molecule has 0 fully saturated rings. The molecule has 74 valence electrons. The minimum absolute atomic E-state index is 0.516. The van der Waals surface area contributed by atoms with Gasteiger partial charge in [0.05, 0.1) is 3.92 Å². The fraction of sp³-hybridized carbons (Fsp3) is 0.0769. The van der Waals surface area contributed by atoms with Gasteiger partial charge in [0.2, 0.25) is 0 Å². The highest BCUT2D eigenvalue weighted by Crippen LogP contribution is 2.49. The van der Waals surface area contributed by atoms with E-state index >= 15 is 0 Å². The minimum atomic E-state index is 0.516. The first kappa shape index (κ1) is 10.1. The van der Waals surface area contributed by atoms with Crippen molar-refractivity contribution in [1.82, 2.24) is 0 Å². The fourth-order valence-electron chi connectivity index (χ4n) is 2.15. The van der Waals surface area contributed by atoms with Crippen LogP contribution in [0.15, 0.2) is 42.5 Å². The SMILES string of the molecule is Ic1cccc2c1C(I)c1ccccc1-2. The summed E-state index contributed by atoms with van der Waals surface area (Å²) in [5.74, 6) is 0. The lowest BCUT2D eigenvalue weighted by Crippen LogP contribution is -1.88. The van der Waals surface area contributed by atoms with Crippen LogP contribution < -0.4 is 0 Å². The van der Waals surface area contributed by atoms with Crippen molar-refractivity contribution in [2.24, 2.45) is 0 Å². The normalized spacial score (nSPS) is 17.3. The summed E-state index contributed by atoms with van der Waals surface area (Å²) in [4.78, 5) is 0. The molecule has 1 atom stereocenters. The molecule has 2 aromatic rings. The van der Waals surface area contributed by atoms with Gasteiger partial charge in [0.15, 0.2) is 0 Å². The first-order chi connectivity index (χ1) is 7.29. The van der Waals surface area contributed by atoms with E-state index in [9.17, 15) is 0 Å². The van der Waals surface area contributed by atoms with E-state index < -0.39 is 0 Å². The molecule has 0 N–H and O–H groups in total. The Balaban J connectivity index is 2.37. The standard InChI is InChI=1S/C13H8I2/c14-11-7-3-6-9-8-4-1-2-5-10(8)13(15)12(9)11/h1-7,13H. The Morgan fingerprint density at radius 1 is 0.867 bits per heavy atom. The van der Waals surface area contributed by atoms with Crippen molar-refractivity contribution >= 4 is 45.2 Å². The summed E-state index contributed by atoms with van der Waals surface area (Å²) in [5, 5.41) is 0. The average Bonchev–Trinajstić information content (AvgIpc) is 2.55. The highest BCUT2D eigenvalue weighted by Gasteiger charge is 2.27. The Labute approximate surface area is 116 Å². The van der Waals surface area contributed by atoms with Crippen LogP contribution in [-0.4, -0.2) is 0 Å². The molecule has 1 unspecified atom stereocenters. The molecule has 2 aromatic carbocycles. The minimum Gasteiger partial charge on any atom is -0.0721 e. The van der Waals surface area contributed by atoms with Gasteiger partial charge in [-0.25, -0.2) is 0 Å². The molecule has 0 bridgehead atoms. The van der Waals surface area contributed by atoms with Gasteiger partial charge in [0.25, 0.3) is 0 Å². The summed E-state index contributed by atoms with van der Waals surface area (Å²) in [6.07, 6.45) is 0. The maximum absolute atomic E-state index is 2.54. The third kappa shape index (κ3) is 1.45. The van der Waals surface area contributed by atoms with Crippen LogP contribution >= 0.6 is 45.2 Å². The van der Waals surface area contributed by atoms with Crippen LogP contribution in [0.3, 0.4) is 0 Å². The zero-order valence-electron chi connectivity index (χ0n) is 7.87. The molecule has 1 aliphatic carbocycles. The van der Waals surface area contributed by atoms with Gasteiger partial charge >= 0.3 is 0 Å². The lowest BCUT2D eigenvalue weighted by atomic mass is 10.1. The summed E-state index contributed by atoms with van der Waals surface area (Å²) >= 11 is 4.97. The van der Waals surface area contributed by atoms with Crippen molar-refractivity contribution in [2.75, 3.05) is 0 Å². The van der Waals surface area contributed by atoms with Crippen LogP contribution in [0.1, 0.15) is 15.1 Å². The molecule has 3 rings (SSSR count). The van der Waals surface area contributed by atoms with Crippen molar-refractivity contribution in [3.8, 4) is 11.1 Å². The maximum Gasteiger partial charge on any atom is 0.0631 e. The Hall–Kier alpha value is -0.100. The molecule has 0 radical (unpaired) electrons. The second kappa shape index (κ2) is 3.73. The molecule has 0 aliphatic heterocycles. The molecule has 2 heteroatoms. The zero-order valence-corrected chi connectivity index (χ0v) is 12.2. The van der Waals surface area contributed by atoms with Crippen LogP contribution in [0.5, 0.6) is 0 Å². The van der Waals surface area contributed by atoms with Crippen LogP contribution in [-0.2, 0) is 0 Å². The van der Waals surface area contributed by atoms with Crippen molar-refractivity contribution in [1.29, 1.82) is 0 Å². The van der Waals surface area contributed by atoms with E-state index in [1.807, 2.05) is 0 Å². The second-order valence-corrected chi connectivity index (χ2v) is 6.06. The molecule has 0 spiro atoms. The molecule has 0 saturated heterocycles. The number of fused-ring (bicyclic) bond motifs is 3. The van der Waals surface area contributed by atoms with E-state index in [0.29, 0.717) is 3.92 Å². The van der Waals surface area contributed by atoms with Gasteiger partial charge in [-0.1, -0.05) is 59.0 Å². The first-order valence-corrected chi connectivity index (χ1v) is 7.13. The van der Waals surface area contributed by atoms with E-state index in [-0.39, 0.29) is 0 Å². The van der Waals surface area contributed by atoms with Gasteiger partial charge in [-0.2, -0.15) is 0 Å². The monoisotopic (exact) mass is 418 g/mol. The van der Waals surface area contributed by atoms with Crippen LogP contribution in [0, 0.1) is 3.57 Å². The predicted octanol–water partition coefficient (Wildman–Crippen LogP) is 4.80. The first-order valence-electron chi connectivity index (χ1n) is 4.81. The van der Waals surface area contributed by atoms with E-state index in [2.05, 4.69) is 87.6 Å². The number of alkyl halides is 1. The molecule has 0 nitrogen and oxygen atoms in total. The summed E-state index contributed by atoms with van der Waals surface area (Å²) < 4.78 is 1.89. The number of halogens is 2. The number of hydrogen-bond donors (Lipinski definition) is 0. The molecule has 0 heterocycles. The third-order valence-corrected chi connectivity index (χ3v) is 5.06. The zero-order chi connectivity index (χ0) is 10.4. The Morgan fingerprint density at radius 2 is 1.60 bits per heavy atom. The van der Waals surface area contributed by atoms with Gasteiger partial charge < -0.3 is 0 Å². The van der Waals surface area contributed by atoms with Gasteiger partial charge in [-0.3, -0.25) is 0 Å². The van der Waals surface area contributed by atoms with Gasteiger partial charge in [0, 0.05) is 3.57 Å². The lowest BCUT2D eigenvalue weighted by molar-refractivity contribution is 1.25. The van der Waals surface area contributed by atoms with Crippen molar-refractivity contribution in [3.63, 3.8) is 0 Å². The molecule has 0 saturated carbocycles. The summed E-state index contributed by atoms with van der Waals surface area (Å²) in [7, 11) is 0. The predicted molar refractivity (Wildman–Crippen MR) is 80.5 cm³/mol. The number of rotatable bonds is 0. The van der Waals surface area contributed by atoms with E-state index in [1.165, 1.54) is 25.8 Å². The highest BCUT2D eigenvalue weighted by molar-refractivity contribution is 14.1. The number of hydrogen-bond acceptors (Lipinski definition) is 0. The second-order valence-electron chi connectivity index (χ2n) is 3.65. The van der Waals surface area contributed by atoms with Crippen molar-refractivity contribution < 1.29 is 0 Å². The van der Waals surface area contributed by atoms with Crippen molar-refractivity contribution in [3.05, 3.63) is 57.2 Å². The summed E-state index contributed by atoms with van der Waals surface area (Å²) in [6, 6.07) is 15.3. The Bertz CT molecular complexity index is 532. The van der Waals surface area contributed by atoms with Crippen LogP contribution in [0.2, 0.25) is 0 Å². The Kier molecular flexibility index (Phi) is 2.51. The van der Waals surface area contributed by atoms with E-state index in [4.69, 9.17) is 0 Å². The van der Waals surface area contributed by atoms with Gasteiger partial charge in [0.1, 0.15) is 0 Å². The lowest BCUT2D eigenvalue weighted by Gasteiger charge is -2.06. The smallest absolute Gasteiger partial charge is 0.0631 e. The third-order valence-electron chi connectivity index (χ3n) is 2.83. The van der Waals surface area contributed by atoms with Crippen LogP contribution in [0.4, 0.5) is 0 Å². The molecule has 15 heavy (non-hydrogen) atoms. The maximum atomic E-state index is 2.54. The average molecular weight is 418 g/mol. The highest BCUT2D eigenvalue weighted by atomic mass is 127. The Morgan fingerprint density at radius 3 is 2.47 bits per heavy atom. The number of benzene rings is 2. The molecular weight excluding hydrogens is 410 g/mol. The van der Waals surface area contributed by atoms with E-state index in [0.717, 1.165) is 0 Å². The molecule has 0 amide bonds. The fourth-order valence-corrected chi connectivity index (χ4v) is 4.77. The summed E-state index contributed by atoms with van der Waals surface area (Å²) in [5.41, 5.74) is 5.76. The van der Waals surface area contributed by atoms with Gasteiger partial charge in [-0.15, -0.1) is 0 Å². The molecular formula is C13H8I2.